The molecule has 132 valence electrons. The zero-order chi connectivity index (χ0) is 15.6. The number of nitrogens with zero attached hydrogens (tertiary/aromatic N) is 2. The fraction of sp³-hybridized carbons (Fsp3) is 1.00. The summed E-state index contributed by atoms with van der Waals surface area (Å²) in [6.07, 6.45) is 17.9. The third kappa shape index (κ3) is 3.35. The van der Waals surface area contributed by atoms with Crippen LogP contribution in [0.4, 0.5) is 0 Å². The minimum atomic E-state index is 0.912. The van der Waals surface area contributed by atoms with Crippen molar-refractivity contribution in [1.29, 1.82) is 0 Å². The first kappa shape index (κ1) is 16.4. The fourth-order valence-corrected chi connectivity index (χ4v) is 6.50. The fourth-order valence-electron chi connectivity index (χ4n) is 6.50. The van der Waals surface area contributed by atoms with Gasteiger partial charge in [-0.05, 0) is 69.7 Å². The molecule has 0 aromatic rings. The molecule has 0 amide bonds. The standard InChI is InChI=1S/C21H38N2/c1-2-17-10-12-19(13-11-17)23-16-15-22-14-6-9-20(22)21(23)18-7-4-3-5-8-18/h17-21H,2-16H2,1H3/t17?,19?,20-,21+/m0/s1. The van der Waals surface area contributed by atoms with E-state index in [4.69, 9.17) is 0 Å². The molecule has 0 aromatic carbocycles. The maximum absolute atomic E-state index is 3.06. The molecule has 0 N–H and O–H groups in total. The van der Waals surface area contributed by atoms with Crippen LogP contribution in [0.2, 0.25) is 0 Å². The highest BCUT2D eigenvalue weighted by molar-refractivity contribution is 5.01. The molecule has 2 heterocycles. The van der Waals surface area contributed by atoms with E-state index in [2.05, 4.69) is 16.7 Å². The predicted octanol–water partition coefficient (Wildman–Crippen LogP) is 4.68. The van der Waals surface area contributed by atoms with Gasteiger partial charge in [0.15, 0.2) is 0 Å². The summed E-state index contributed by atoms with van der Waals surface area (Å²) in [5.41, 5.74) is 0. The van der Waals surface area contributed by atoms with Crippen molar-refractivity contribution >= 4 is 0 Å². The summed E-state index contributed by atoms with van der Waals surface area (Å²) in [5.74, 6) is 2.05. The zero-order valence-electron chi connectivity index (χ0n) is 15.4. The number of piperazine rings is 1. The van der Waals surface area contributed by atoms with E-state index in [1.165, 1.54) is 96.7 Å². The van der Waals surface area contributed by atoms with Gasteiger partial charge in [0.05, 0.1) is 0 Å². The Balaban J connectivity index is 1.49. The number of hydrogen-bond donors (Lipinski definition) is 0. The number of fused-ring (bicyclic) bond motifs is 1. The average molecular weight is 319 g/mol. The van der Waals surface area contributed by atoms with E-state index in [0.29, 0.717) is 0 Å². The van der Waals surface area contributed by atoms with Crippen molar-refractivity contribution in [3.05, 3.63) is 0 Å². The second-order valence-electron chi connectivity index (χ2n) is 8.95. The lowest BCUT2D eigenvalue weighted by atomic mass is 9.76. The largest absolute Gasteiger partial charge is 0.298 e. The van der Waals surface area contributed by atoms with Crippen LogP contribution >= 0.6 is 0 Å². The van der Waals surface area contributed by atoms with E-state index >= 15 is 0 Å². The Kier molecular flexibility index (Phi) is 5.30. The second kappa shape index (κ2) is 7.44. The molecule has 0 aromatic heterocycles. The van der Waals surface area contributed by atoms with E-state index in [1.54, 1.807) is 0 Å². The molecule has 0 spiro atoms. The Morgan fingerprint density at radius 1 is 0.739 bits per heavy atom. The van der Waals surface area contributed by atoms with Crippen LogP contribution in [0.5, 0.6) is 0 Å². The maximum atomic E-state index is 3.06. The summed E-state index contributed by atoms with van der Waals surface area (Å²) in [6, 6.07) is 2.75. The minimum absolute atomic E-state index is 0.912. The summed E-state index contributed by atoms with van der Waals surface area (Å²) < 4.78 is 0. The van der Waals surface area contributed by atoms with Crippen molar-refractivity contribution < 1.29 is 0 Å². The molecule has 4 rings (SSSR count). The summed E-state index contributed by atoms with van der Waals surface area (Å²) in [7, 11) is 0. The van der Waals surface area contributed by atoms with Crippen molar-refractivity contribution in [2.24, 2.45) is 11.8 Å². The van der Waals surface area contributed by atoms with Crippen LogP contribution in [-0.2, 0) is 0 Å². The first-order valence-electron chi connectivity index (χ1n) is 10.9. The maximum Gasteiger partial charge on any atom is 0.0283 e. The Morgan fingerprint density at radius 3 is 2.26 bits per heavy atom. The molecular weight excluding hydrogens is 280 g/mol. The van der Waals surface area contributed by atoms with Gasteiger partial charge in [-0.3, -0.25) is 9.80 Å². The highest BCUT2D eigenvalue weighted by atomic mass is 15.3. The van der Waals surface area contributed by atoms with Gasteiger partial charge in [-0.15, -0.1) is 0 Å². The Labute approximate surface area is 144 Å². The van der Waals surface area contributed by atoms with E-state index in [9.17, 15) is 0 Å². The third-order valence-electron chi connectivity index (χ3n) is 7.83. The molecule has 0 unspecified atom stereocenters. The smallest absolute Gasteiger partial charge is 0.0283 e. The predicted molar refractivity (Wildman–Crippen MR) is 97.7 cm³/mol. The Morgan fingerprint density at radius 2 is 1.52 bits per heavy atom. The average Bonchev–Trinajstić information content (AvgIpc) is 3.10. The van der Waals surface area contributed by atoms with Gasteiger partial charge in [-0.2, -0.15) is 0 Å². The quantitative estimate of drug-likeness (QED) is 0.745. The van der Waals surface area contributed by atoms with Gasteiger partial charge in [0.25, 0.3) is 0 Å². The molecule has 2 saturated heterocycles. The van der Waals surface area contributed by atoms with Crippen molar-refractivity contribution in [2.45, 2.75) is 102 Å². The molecular formula is C21H38N2. The Bertz CT molecular complexity index is 368. The van der Waals surface area contributed by atoms with Crippen LogP contribution in [0, 0.1) is 11.8 Å². The van der Waals surface area contributed by atoms with Crippen LogP contribution in [0.3, 0.4) is 0 Å². The zero-order valence-corrected chi connectivity index (χ0v) is 15.4. The van der Waals surface area contributed by atoms with Gasteiger partial charge < -0.3 is 0 Å². The normalized spacial score (nSPS) is 41.1. The molecule has 2 saturated carbocycles. The molecule has 2 heteroatoms. The van der Waals surface area contributed by atoms with E-state index < -0.39 is 0 Å². The van der Waals surface area contributed by atoms with Gasteiger partial charge in [-0.1, -0.05) is 32.6 Å². The monoisotopic (exact) mass is 318 g/mol. The van der Waals surface area contributed by atoms with Gasteiger partial charge in [0.1, 0.15) is 0 Å². The summed E-state index contributed by atoms with van der Waals surface area (Å²) in [4.78, 5) is 5.93. The van der Waals surface area contributed by atoms with Crippen LogP contribution in [-0.4, -0.2) is 47.6 Å². The molecule has 2 aliphatic heterocycles. The first-order chi connectivity index (χ1) is 11.4. The second-order valence-corrected chi connectivity index (χ2v) is 8.95. The van der Waals surface area contributed by atoms with Crippen molar-refractivity contribution in [3.8, 4) is 0 Å². The van der Waals surface area contributed by atoms with Crippen LogP contribution < -0.4 is 0 Å². The minimum Gasteiger partial charge on any atom is -0.298 e. The van der Waals surface area contributed by atoms with Gasteiger partial charge >= 0.3 is 0 Å². The highest BCUT2D eigenvalue weighted by Gasteiger charge is 2.45. The number of rotatable bonds is 3. The highest BCUT2D eigenvalue weighted by Crippen LogP contribution is 2.40. The van der Waals surface area contributed by atoms with Crippen LogP contribution in [0.1, 0.15) is 84.0 Å². The summed E-state index contributed by atoms with van der Waals surface area (Å²) >= 11 is 0. The third-order valence-corrected chi connectivity index (χ3v) is 7.83. The lowest BCUT2D eigenvalue weighted by Crippen LogP contribution is -2.63. The van der Waals surface area contributed by atoms with Gasteiger partial charge in [-0.25, -0.2) is 0 Å². The molecule has 4 aliphatic rings. The summed E-state index contributed by atoms with van der Waals surface area (Å²) in [6.45, 7) is 6.53. The lowest BCUT2D eigenvalue weighted by Gasteiger charge is -2.53. The first-order valence-corrected chi connectivity index (χ1v) is 10.9. The van der Waals surface area contributed by atoms with Crippen molar-refractivity contribution in [1.82, 2.24) is 9.80 Å². The van der Waals surface area contributed by atoms with E-state index in [0.717, 1.165) is 30.0 Å². The number of hydrogen-bond acceptors (Lipinski definition) is 2. The van der Waals surface area contributed by atoms with Crippen LogP contribution in [0.15, 0.2) is 0 Å². The molecule has 2 nitrogen and oxygen atoms in total. The van der Waals surface area contributed by atoms with Crippen LogP contribution in [0.25, 0.3) is 0 Å². The lowest BCUT2D eigenvalue weighted by molar-refractivity contribution is -0.0358. The molecule has 2 aliphatic carbocycles. The Hall–Kier alpha value is -0.0800. The van der Waals surface area contributed by atoms with Crippen molar-refractivity contribution in [2.75, 3.05) is 19.6 Å². The topological polar surface area (TPSA) is 6.48 Å². The molecule has 0 bridgehead atoms. The van der Waals surface area contributed by atoms with Gasteiger partial charge in [0, 0.05) is 31.2 Å². The van der Waals surface area contributed by atoms with Gasteiger partial charge in [0.2, 0.25) is 0 Å². The molecule has 23 heavy (non-hydrogen) atoms. The van der Waals surface area contributed by atoms with E-state index in [1.807, 2.05) is 0 Å². The van der Waals surface area contributed by atoms with Crippen molar-refractivity contribution in [3.63, 3.8) is 0 Å². The molecule has 4 fully saturated rings. The SMILES string of the molecule is CCC1CCC(N2CCN3CCC[C@H]3[C@H]2C2CCCCC2)CC1. The summed E-state index contributed by atoms with van der Waals surface area (Å²) in [5, 5.41) is 0. The van der Waals surface area contributed by atoms with E-state index in [-0.39, 0.29) is 0 Å². The molecule has 0 radical (unpaired) electrons. The molecule has 2 atom stereocenters.